The van der Waals surface area contributed by atoms with E-state index in [0.717, 1.165) is 73.6 Å². The van der Waals surface area contributed by atoms with Gasteiger partial charge < -0.3 is 14.8 Å². The lowest BCUT2D eigenvalue weighted by Gasteiger charge is -2.26. The molecule has 3 aromatic rings. The lowest BCUT2D eigenvalue weighted by Crippen LogP contribution is -2.38. The molecule has 6 heteroatoms. The summed E-state index contributed by atoms with van der Waals surface area (Å²) in [6.45, 7) is 5.50. The van der Waals surface area contributed by atoms with Gasteiger partial charge in [0.1, 0.15) is 12.4 Å². The molecule has 0 spiro atoms. The third kappa shape index (κ3) is 5.09. The van der Waals surface area contributed by atoms with Gasteiger partial charge in [0.05, 0.1) is 24.3 Å². The molecule has 1 aromatic heterocycles. The van der Waals surface area contributed by atoms with Gasteiger partial charge in [-0.2, -0.15) is 0 Å². The lowest BCUT2D eigenvalue weighted by molar-refractivity contribution is 0.0322. The van der Waals surface area contributed by atoms with E-state index in [0.29, 0.717) is 24.6 Å². The van der Waals surface area contributed by atoms with E-state index in [1.54, 1.807) is 0 Å². The van der Waals surface area contributed by atoms with Crippen molar-refractivity contribution in [3.05, 3.63) is 71.4 Å². The highest BCUT2D eigenvalue weighted by Gasteiger charge is 2.26. The van der Waals surface area contributed by atoms with Gasteiger partial charge in [-0.25, -0.2) is 0 Å². The number of nitrogens with zero attached hydrogens (tertiary/aromatic N) is 2. The number of ether oxygens (including phenoxy) is 2. The van der Waals surface area contributed by atoms with E-state index < -0.39 is 0 Å². The second kappa shape index (κ2) is 9.67. The van der Waals surface area contributed by atoms with Gasteiger partial charge in [-0.15, -0.1) is 0 Å². The Morgan fingerprint density at radius 1 is 1.09 bits per heavy atom. The summed E-state index contributed by atoms with van der Waals surface area (Å²) >= 11 is 0. The zero-order valence-corrected chi connectivity index (χ0v) is 18.3. The van der Waals surface area contributed by atoms with Gasteiger partial charge >= 0.3 is 0 Å². The number of hydrogen-bond acceptors (Lipinski definition) is 5. The fourth-order valence-corrected chi connectivity index (χ4v) is 4.11. The Morgan fingerprint density at radius 3 is 2.78 bits per heavy atom. The summed E-state index contributed by atoms with van der Waals surface area (Å²) in [6.07, 6.45) is 2.31. The number of benzene rings is 2. The molecule has 1 N–H and O–H groups in total. The number of fused-ring (bicyclic) bond motifs is 1. The van der Waals surface area contributed by atoms with Gasteiger partial charge in [-0.05, 0) is 42.7 Å². The van der Waals surface area contributed by atoms with E-state index in [9.17, 15) is 4.79 Å². The van der Waals surface area contributed by atoms with E-state index in [1.807, 2.05) is 54.6 Å². The van der Waals surface area contributed by atoms with Gasteiger partial charge in [0, 0.05) is 43.2 Å². The van der Waals surface area contributed by atoms with Crippen molar-refractivity contribution in [1.29, 1.82) is 0 Å². The van der Waals surface area contributed by atoms with Crippen LogP contribution < -0.4 is 10.1 Å². The lowest BCUT2D eigenvalue weighted by atomic mass is 10.1. The predicted octanol–water partition coefficient (Wildman–Crippen LogP) is 3.75. The second-order valence-electron chi connectivity index (χ2n) is 8.52. The van der Waals surface area contributed by atoms with Gasteiger partial charge in [0.2, 0.25) is 0 Å². The van der Waals surface area contributed by atoms with Crippen LogP contribution in [0.5, 0.6) is 5.75 Å². The number of hydrogen-bond donors (Lipinski definition) is 1. The molecule has 166 valence electrons. The molecular formula is C26H29N3O3. The molecule has 0 bridgehead atoms. The van der Waals surface area contributed by atoms with Crippen LogP contribution in [0.2, 0.25) is 0 Å². The number of rotatable bonds is 8. The Labute approximate surface area is 188 Å². The van der Waals surface area contributed by atoms with Gasteiger partial charge in [-0.1, -0.05) is 30.3 Å². The zero-order valence-electron chi connectivity index (χ0n) is 18.3. The van der Waals surface area contributed by atoms with E-state index in [4.69, 9.17) is 14.5 Å². The first-order valence-electron chi connectivity index (χ1n) is 11.5. The highest BCUT2D eigenvalue weighted by Crippen LogP contribution is 2.40. The first-order chi connectivity index (χ1) is 15.8. The van der Waals surface area contributed by atoms with E-state index in [2.05, 4.69) is 10.2 Å². The Hall–Kier alpha value is -2.96. The van der Waals surface area contributed by atoms with Gasteiger partial charge in [0.25, 0.3) is 5.91 Å². The van der Waals surface area contributed by atoms with Crippen LogP contribution in [0.15, 0.2) is 54.6 Å². The third-order valence-electron chi connectivity index (χ3n) is 6.11. The van der Waals surface area contributed by atoms with Crippen molar-refractivity contribution in [3.8, 4) is 5.75 Å². The average molecular weight is 432 g/mol. The molecule has 6 nitrogen and oxygen atoms in total. The van der Waals surface area contributed by atoms with Crippen LogP contribution in [-0.2, 0) is 11.3 Å². The number of amides is 1. The third-order valence-corrected chi connectivity index (χ3v) is 6.11. The molecule has 2 aromatic carbocycles. The Morgan fingerprint density at radius 2 is 1.94 bits per heavy atom. The second-order valence-corrected chi connectivity index (χ2v) is 8.52. The van der Waals surface area contributed by atoms with Crippen molar-refractivity contribution in [2.75, 3.05) is 39.5 Å². The van der Waals surface area contributed by atoms with Crippen LogP contribution in [0, 0.1) is 0 Å². The van der Waals surface area contributed by atoms with Crippen LogP contribution in [0.4, 0.5) is 0 Å². The van der Waals surface area contributed by atoms with Crippen molar-refractivity contribution in [2.24, 2.45) is 0 Å². The van der Waals surface area contributed by atoms with E-state index in [1.165, 1.54) is 0 Å². The van der Waals surface area contributed by atoms with E-state index >= 15 is 0 Å². The molecule has 1 saturated carbocycles. The minimum atomic E-state index is -0.0656. The molecule has 1 aliphatic carbocycles. The summed E-state index contributed by atoms with van der Waals surface area (Å²) < 4.78 is 11.3. The topological polar surface area (TPSA) is 63.7 Å². The maximum Gasteiger partial charge on any atom is 0.252 e. The van der Waals surface area contributed by atoms with Crippen molar-refractivity contribution in [2.45, 2.75) is 25.3 Å². The normalized spacial score (nSPS) is 16.8. The van der Waals surface area contributed by atoms with Crippen LogP contribution in [-0.4, -0.2) is 55.2 Å². The first-order valence-corrected chi connectivity index (χ1v) is 11.5. The summed E-state index contributed by atoms with van der Waals surface area (Å²) in [7, 11) is 0. The largest absolute Gasteiger partial charge is 0.492 e. The molecule has 0 unspecified atom stereocenters. The van der Waals surface area contributed by atoms with Crippen LogP contribution in [0.3, 0.4) is 0 Å². The molecule has 2 aliphatic rings. The highest BCUT2D eigenvalue weighted by molar-refractivity contribution is 6.06. The number of nitrogens with one attached hydrogen (secondary N) is 1. The number of para-hydroxylation sites is 1. The zero-order chi connectivity index (χ0) is 21.8. The highest BCUT2D eigenvalue weighted by atomic mass is 16.5. The van der Waals surface area contributed by atoms with Crippen LogP contribution >= 0.6 is 0 Å². The summed E-state index contributed by atoms with van der Waals surface area (Å²) in [4.78, 5) is 20.2. The monoisotopic (exact) mass is 431 g/mol. The molecule has 0 radical (unpaired) electrons. The number of morpholine rings is 1. The standard InChI is InChI=1S/C26H29N3O3/c30-26(23-17-25(20-8-9-20)28-24-7-2-1-6-22(23)24)27-18-19-4-3-5-21(16-19)32-15-12-29-10-13-31-14-11-29/h1-7,16-17,20H,8-15,18H2,(H,27,30). The average Bonchev–Trinajstić information content (AvgIpc) is 3.68. The van der Waals surface area contributed by atoms with Crippen molar-refractivity contribution in [3.63, 3.8) is 0 Å². The number of pyridine rings is 1. The number of carbonyl (C=O) groups is 1. The number of carbonyl (C=O) groups excluding carboxylic acids is 1. The number of aromatic nitrogens is 1. The Balaban J connectivity index is 1.21. The SMILES string of the molecule is O=C(NCc1cccc(OCCN2CCOCC2)c1)c1cc(C2CC2)nc2ccccc12. The fraction of sp³-hybridized carbons (Fsp3) is 0.385. The maximum atomic E-state index is 13.1. The Kier molecular flexibility index (Phi) is 6.32. The molecule has 5 rings (SSSR count). The van der Waals surface area contributed by atoms with Crippen LogP contribution in [0.25, 0.3) is 10.9 Å². The minimum absolute atomic E-state index is 0.0656. The van der Waals surface area contributed by atoms with Crippen molar-refractivity contribution >= 4 is 16.8 Å². The molecule has 0 atom stereocenters. The summed E-state index contributed by atoms with van der Waals surface area (Å²) in [5, 5.41) is 3.98. The first kappa shape index (κ1) is 20.9. The molecule has 1 saturated heterocycles. The molecule has 2 fully saturated rings. The molecular weight excluding hydrogens is 402 g/mol. The smallest absolute Gasteiger partial charge is 0.252 e. The fourth-order valence-electron chi connectivity index (χ4n) is 4.11. The predicted molar refractivity (Wildman–Crippen MR) is 124 cm³/mol. The quantitative estimate of drug-likeness (QED) is 0.589. The maximum absolute atomic E-state index is 13.1. The van der Waals surface area contributed by atoms with Gasteiger partial charge in [0.15, 0.2) is 0 Å². The molecule has 1 aliphatic heterocycles. The Bertz CT molecular complexity index is 1090. The summed E-state index contributed by atoms with van der Waals surface area (Å²) in [5.41, 5.74) is 3.64. The van der Waals surface area contributed by atoms with Crippen LogP contribution in [0.1, 0.15) is 40.4 Å². The minimum Gasteiger partial charge on any atom is -0.492 e. The summed E-state index contributed by atoms with van der Waals surface area (Å²) in [5.74, 6) is 1.26. The molecule has 1 amide bonds. The molecule has 32 heavy (non-hydrogen) atoms. The summed E-state index contributed by atoms with van der Waals surface area (Å²) in [6, 6.07) is 17.8. The van der Waals surface area contributed by atoms with Crippen molar-refractivity contribution < 1.29 is 14.3 Å². The van der Waals surface area contributed by atoms with Gasteiger partial charge in [-0.3, -0.25) is 14.7 Å². The molecule has 2 heterocycles. The van der Waals surface area contributed by atoms with E-state index in [-0.39, 0.29) is 5.91 Å². The van der Waals surface area contributed by atoms with Crippen molar-refractivity contribution in [1.82, 2.24) is 15.2 Å².